The summed E-state index contributed by atoms with van der Waals surface area (Å²) in [6.07, 6.45) is 0.723. The van der Waals surface area contributed by atoms with E-state index in [2.05, 4.69) is 15.3 Å². The zero-order valence-corrected chi connectivity index (χ0v) is 22.1. The maximum Gasteiger partial charge on any atom is 0.274 e. The molecular formula is C32H25ClN4O3. The van der Waals surface area contributed by atoms with Gasteiger partial charge in [0.1, 0.15) is 17.1 Å². The van der Waals surface area contributed by atoms with Crippen LogP contribution >= 0.6 is 11.6 Å². The molecule has 0 spiro atoms. The van der Waals surface area contributed by atoms with Gasteiger partial charge in [-0.05, 0) is 53.8 Å². The summed E-state index contributed by atoms with van der Waals surface area (Å²) in [6, 6.07) is 26.2. The number of aromatic amines is 2. The Kier molecular flexibility index (Phi) is 5.75. The van der Waals surface area contributed by atoms with Crippen LogP contribution in [-0.4, -0.2) is 39.3 Å². The number of nitrogens with one attached hydrogen (secondary N) is 3. The van der Waals surface area contributed by atoms with Crippen molar-refractivity contribution in [1.82, 2.24) is 9.97 Å². The number of aromatic hydroxyl groups is 1. The van der Waals surface area contributed by atoms with E-state index in [9.17, 15) is 14.7 Å². The molecule has 198 valence electrons. The molecule has 6 aromatic rings. The number of hydrogen-bond donors (Lipinski definition) is 4. The summed E-state index contributed by atoms with van der Waals surface area (Å²) in [4.78, 5) is 34.8. The second-order valence-corrected chi connectivity index (χ2v) is 10.5. The van der Waals surface area contributed by atoms with Gasteiger partial charge in [-0.15, -0.1) is 11.6 Å². The van der Waals surface area contributed by atoms with E-state index < -0.39 is 0 Å². The third kappa shape index (κ3) is 3.98. The summed E-state index contributed by atoms with van der Waals surface area (Å²) in [5.41, 5.74) is 4.88. The number of aromatic nitrogens is 2. The number of hydrogen-bond acceptors (Lipinski definition) is 3. The van der Waals surface area contributed by atoms with Gasteiger partial charge in [0.25, 0.3) is 11.8 Å². The molecule has 1 atom stereocenters. The van der Waals surface area contributed by atoms with Crippen LogP contribution in [0.2, 0.25) is 0 Å². The topological polar surface area (TPSA) is 101 Å². The molecule has 2 amide bonds. The van der Waals surface area contributed by atoms with Crippen LogP contribution in [0, 0.1) is 0 Å². The Morgan fingerprint density at radius 2 is 1.60 bits per heavy atom. The zero-order valence-electron chi connectivity index (χ0n) is 21.4. The molecule has 0 saturated heterocycles. The highest BCUT2D eigenvalue weighted by Gasteiger charge is 2.32. The van der Waals surface area contributed by atoms with Crippen molar-refractivity contribution in [1.29, 1.82) is 0 Å². The Bertz CT molecular complexity index is 1920. The quantitative estimate of drug-likeness (QED) is 0.176. The summed E-state index contributed by atoms with van der Waals surface area (Å²) in [7, 11) is 0. The first-order valence-electron chi connectivity index (χ1n) is 13.1. The summed E-state index contributed by atoms with van der Waals surface area (Å²) in [6.45, 7) is 0.488. The fourth-order valence-corrected chi connectivity index (χ4v) is 6.11. The first kappa shape index (κ1) is 24.3. The van der Waals surface area contributed by atoms with Gasteiger partial charge in [-0.25, -0.2) is 0 Å². The molecule has 0 bridgehead atoms. The van der Waals surface area contributed by atoms with Crippen molar-refractivity contribution in [3.05, 3.63) is 102 Å². The molecule has 7 nitrogen and oxygen atoms in total. The monoisotopic (exact) mass is 548 g/mol. The van der Waals surface area contributed by atoms with Crippen LogP contribution in [0.5, 0.6) is 5.75 Å². The highest BCUT2D eigenvalue weighted by Crippen LogP contribution is 2.44. The minimum absolute atomic E-state index is 0.0809. The molecule has 1 aliphatic heterocycles. The second-order valence-electron chi connectivity index (χ2n) is 10.2. The van der Waals surface area contributed by atoms with E-state index in [0.717, 1.165) is 44.6 Å². The van der Waals surface area contributed by atoms with Crippen molar-refractivity contribution in [2.45, 2.75) is 12.3 Å². The number of amides is 2. The number of alkyl halides is 1. The fraction of sp³-hybridized carbons (Fsp3) is 0.125. The molecule has 1 aliphatic rings. The maximum absolute atomic E-state index is 13.8. The highest BCUT2D eigenvalue weighted by atomic mass is 35.5. The van der Waals surface area contributed by atoms with E-state index in [1.807, 2.05) is 66.7 Å². The molecular weight excluding hydrogens is 524 g/mol. The lowest BCUT2D eigenvalue weighted by atomic mass is 9.86. The van der Waals surface area contributed by atoms with E-state index >= 15 is 0 Å². The average molecular weight is 549 g/mol. The van der Waals surface area contributed by atoms with Gasteiger partial charge in [-0.3, -0.25) is 9.59 Å². The van der Waals surface area contributed by atoms with Crippen molar-refractivity contribution in [3.8, 4) is 5.75 Å². The number of carbonyl (C=O) groups excluding carboxylic acids is 2. The molecule has 0 fully saturated rings. The van der Waals surface area contributed by atoms with Crippen LogP contribution in [0.1, 0.15) is 38.9 Å². The summed E-state index contributed by atoms with van der Waals surface area (Å²) >= 11 is 6.35. The molecule has 4 N–H and O–H groups in total. The third-order valence-corrected chi connectivity index (χ3v) is 8.13. The Balaban J connectivity index is 1.19. The van der Waals surface area contributed by atoms with Gasteiger partial charge in [0.15, 0.2) is 0 Å². The fourth-order valence-electron chi connectivity index (χ4n) is 5.80. The van der Waals surface area contributed by atoms with Crippen LogP contribution in [0.4, 0.5) is 11.4 Å². The number of anilines is 2. The average Bonchev–Trinajstić information content (AvgIpc) is 3.61. The number of carbonyl (C=O) groups is 2. The number of rotatable bonds is 4. The second kappa shape index (κ2) is 9.47. The molecule has 2 aromatic heterocycles. The number of phenols is 1. The van der Waals surface area contributed by atoms with Crippen LogP contribution in [0.15, 0.2) is 84.9 Å². The predicted octanol–water partition coefficient (Wildman–Crippen LogP) is 7.13. The van der Waals surface area contributed by atoms with E-state index in [1.165, 1.54) is 0 Å². The third-order valence-electron chi connectivity index (χ3n) is 7.76. The molecule has 0 radical (unpaired) electrons. The van der Waals surface area contributed by atoms with Crippen molar-refractivity contribution in [2.75, 3.05) is 22.6 Å². The van der Waals surface area contributed by atoms with Crippen molar-refractivity contribution >= 4 is 67.4 Å². The molecule has 4 aromatic carbocycles. The summed E-state index contributed by atoms with van der Waals surface area (Å²) in [5.74, 6) is 0.215. The van der Waals surface area contributed by atoms with E-state index in [4.69, 9.17) is 11.6 Å². The number of H-pyrrole nitrogens is 2. The van der Waals surface area contributed by atoms with Gasteiger partial charge < -0.3 is 25.3 Å². The lowest BCUT2D eigenvalue weighted by molar-refractivity contribution is 0.0979. The molecule has 40 heavy (non-hydrogen) atoms. The molecule has 1 unspecified atom stereocenters. The molecule has 3 heterocycles. The van der Waals surface area contributed by atoms with Crippen LogP contribution in [0.3, 0.4) is 0 Å². The van der Waals surface area contributed by atoms with Crippen LogP contribution in [0.25, 0.3) is 32.6 Å². The number of nitrogens with zero attached hydrogens (tertiary/aromatic N) is 1. The SMILES string of the molecule is O=C(Nc1ccc2[nH]c(C(=O)N3CCC(CCl)c4c3cc(O)c3ccccc43)cc2c1)c1cc2ccccc2[nH]1. The number of halogens is 1. The number of fused-ring (bicyclic) bond motifs is 5. The van der Waals surface area contributed by atoms with Gasteiger partial charge in [0, 0.05) is 57.3 Å². The normalized spacial score (nSPS) is 15.0. The Morgan fingerprint density at radius 1 is 0.875 bits per heavy atom. The van der Waals surface area contributed by atoms with Gasteiger partial charge in [0.2, 0.25) is 0 Å². The number of benzene rings is 4. The van der Waals surface area contributed by atoms with Gasteiger partial charge in [-0.2, -0.15) is 0 Å². The summed E-state index contributed by atoms with van der Waals surface area (Å²) < 4.78 is 0. The minimum Gasteiger partial charge on any atom is -0.507 e. The smallest absolute Gasteiger partial charge is 0.274 e. The van der Waals surface area contributed by atoms with Crippen molar-refractivity contribution < 1.29 is 14.7 Å². The lowest BCUT2D eigenvalue weighted by Gasteiger charge is -2.34. The van der Waals surface area contributed by atoms with E-state index in [-0.39, 0.29) is 23.5 Å². The summed E-state index contributed by atoms with van der Waals surface area (Å²) in [5, 5.41) is 17.1. The predicted molar refractivity (Wildman–Crippen MR) is 160 cm³/mol. The number of phenolic OH excluding ortho intramolecular Hbond substituents is 1. The minimum atomic E-state index is -0.242. The Hall–Kier alpha value is -4.75. The van der Waals surface area contributed by atoms with Crippen LogP contribution < -0.4 is 10.2 Å². The van der Waals surface area contributed by atoms with Gasteiger partial charge >= 0.3 is 0 Å². The first-order valence-corrected chi connectivity index (χ1v) is 13.7. The molecule has 0 saturated carbocycles. The highest BCUT2D eigenvalue weighted by molar-refractivity contribution is 6.19. The van der Waals surface area contributed by atoms with Crippen molar-refractivity contribution in [3.63, 3.8) is 0 Å². The van der Waals surface area contributed by atoms with Gasteiger partial charge in [0.05, 0.1) is 5.69 Å². The van der Waals surface area contributed by atoms with Gasteiger partial charge in [-0.1, -0.05) is 42.5 Å². The molecule has 7 rings (SSSR count). The largest absolute Gasteiger partial charge is 0.507 e. The van der Waals surface area contributed by atoms with E-state index in [1.54, 1.807) is 23.1 Å². The Morgan fingerprint density at radius 3 is 2.42 bits per heavy atom. The maximum atomic E-state index is 13.8. The lowest BCUT2D eigenvalue weighted by Crippen LogP contribution is -2.37. The standard InChI is InChI=1S/C32H25ClN4O3/c33-17-19-11-12-37(28-16-29(38)22-6-2-3-7-23(22)30(19)28)32(40)27-15-20-13-21(9-10-25(20)36-27)34-31(39)26-14-18-5-1-4-8-24(18)35-26/h1-10,13-16,19,35-36,38H,11-12,17H2,(H,34,39). The van der Waals surface area contributed by atoms with Crippen molar-refractivity contribution in [2.24, 2.45) is 0 Å². The Labute approximate surface area is 234 Å². The molecule has 0 aliphatic carbocycles. The first-order chi connectivity index (χ1) is 19.5. The molecule has 8 heteroatoms. The number of para-hydroxylation sites is 1. The van der Waals surface area contributed by atoms with E-state index in [0.29, 0.717) is 35.2 Å². The van der Waals surface area contributed by atoms with Crippen LogP contribution in [-0.2, 0) is 0 Å². The zero-order chi connectivity index (χ0) is 27.4.